The Morgan fingerprint density at radius 3 is 2.38 bits per heavy atom. The number of halogens is 1. The lowest BCUT2D eigenvalue weighted by Crippen LogP contribution is -2.44. The highest BCUT2D eigenvalue weighted by atomic mass is 79.9. The van der Waals surface area contributed by atoms with Crippen molar-refractivity contribution >= 4 is 33.3 Å². The predicted octanol–water partition coefficient (Wildman–Crippen LogP) is 3.64. The van der Waals surface area contributed by atoms with Crippen LogP contribution >= 0.6 is 15.9 Å². The first-order valence-electron chi connectivity index (χ1n) is 8.23. The maximum absolute atomic E-state index is 4.42. The Hall–Kier alpha value is -2.08. The second kappa shape index (κ2) is 6.43. The molecule has 2 aromatic rings. The highest BCUT2D eigenvalue weighted by Gasteiger charge is 2.28. The Morgan fingerprint density at radius 1 is 1.00 bits per heavy atom. The van der Waals surface area contributed by atoms with Crippen LogP contribution in [0.3, 0.4) is 0 Å². The second-order valence-electron chi connectivity index (χ2n) is 6.22. The van der Waals surface area contributed by atoms with E-state index in [-0.39, 0.29) is 0 Å². The molecule has 1 aromatic carbocycles. The average molecular weight is 386 g/mol. The van der Waals surface area contributed by atoms with Crippen LogP contribution in [0, 0.1) is 0 Å². The fraction of sp³-hybridized carbons (Fsp3) is 0.333. The van der Waals surface area contributed by atoms with Crippen LogP contribution in [-0.4, -0.2) is 36.1 Å². The summed E-state index contributed by atoms with van der Waals surface area (Å²) in [7, 11) is 2.10. The SMILES string of the molecule is CN1C=CN(C2CCN(c3ncc(Br)cn3)CC2)c2ccccc21. The molecule has 0 atom stereocenters. The molecule has 0 N–H and O–H groups in total. The van der Waals surface area contributed by atoms with Gasteiger partial charge in [0.25, 0.3) is 0 Å². The van der Waals surface area contributed by atoms with Crippen molar-refractivity contribution < 1.29 is 0 Å². The normalized spacial score (nSPS) is 18.0. The molecule has 1 aromatic heterocycles. The third-order valence-electron chi connectivity index (χ3n) is 4.74. The summed E-state index contributed by atoms with van der Waals surface area (Å²) in [5.74, 6) is 0.825. The van der Waals surface area contributed by atoms with Crippen molar-refractivity contribution in [2.75, 3.05) is 34.8 Å². The van der Waals surface area contributed by atoms with Crippen LogP contribution < -0.4 is 14.7 Å². The number of rotatable bonds is 2. The quantitative estimate of drug-likeness (QED) is 0.788. The molecule has 0 unspecified atom stereocenters. The van der Waals surface area contributed by atoms with Crippen molar-refractivity contribution in [2.45, 2.75) is 18.9 Å². The van der Waals surface area contributed by atoms with Gasteiger partial charge in [-0.1, -0.05) is 12.1 Å². The van der Waals surface area contributed by atoms with Gasteiger partial charge in [-0.25, -0.2) is 9.97 Å². The molecule has 2 aliphatic heterocycles. The molecule has 4 rings (SSSR count). The maximum atomic E-state index is 4.42. The Labute approximate surface area is 150 Å². The van der Waals surface area contributed by atoms with E-state index in [0.29, 0.717) is 6.04 Å². The lowest BCUT2D eigenvalue weighted by Gasteiger charge is -2.41. The molecule has 3 heterocycles. The van der Waals surface area contributed by atoms with Crippen LogP contribution in [-0.2, 0) is 0 Å². The molecule has 0 spiro atoms. The van der Waals surface area contributed by atoms with Gasteiger partial charge < -0.3 is 14.7 Å². The van der Waals surface area contributed by atoms with Gasteiger partial charge in [0.05, 0.1) is 15.8 Å². The van der Waals surface area contributed by atoms with E-state index >= 15 is 0 Å². The van der Waals surface area contributed by atoms with Gasteiger partial charge in [0.15, 0.2) is 0 Å². The number of nitrogens with zero attached hydrogens (tertiary/aromatic N) is 5. The smallest absolute Gasteiger partial charge is 0.225 e. The summed E-state index contributed by atoms with van der Waals surface area (Å²) in [5.41, 5.74) is 2.56. The number of hydrogen-bond donors (Lipinski definition) is 0. The van der Waals surface area contributed by atoms with Gasteiger partial charge >= 0.3 is 0 Å². The first-order valence-corrected chi connectivity index (χ1v) is 9.03. The van der Waals surface area contributed by atoms with Crippen LogP contribution in [0.4, 0.5) is 17.3 Å². The van der Waals surface area contributed by atoms with E-state index in [9.17, 15) is 0 Å². The van der Waals surface area contributed by atoms with Crippen LogP contribution in [0.25, 0.3) is 0 Å². The minimum Gasteiger partial charge on any atom is -0.348 e. The molecular weight excluding hydrogens is 366 g/mol. The van der Waals surface area contributed by atoms with E-state index in [1.807, 2.05) is 12.4 Å². The van der Waals surface area contributed by atoms with Crippen molar-refractivity contribution in [2.24, 2.45) is 0 Å². The molecule has 1 fully saturated rings. The van der Waals surface area contributed by atoms with Crippen molar-refractivity contribution in [1.29, 1.82) is 0 Å². The fourth-order valence-corrected chi connectivity index (χ4v) is 3.65. The third kappa shape index (κ3) is 2.86. The predicted molar refractivity (Wildman–Crippen MR) is 101 cm³/mol. The zero-order valence-electron chi connectivity index (χ0n) is 13.6. The Balaban J connectivity index is 1.48. The minimum atomic E-state index is 0.516. The largest absolute Gasteiger partial charge is 0.348 e. The summed E-state index contributed by atoms with van der Waals surface area (Å²) >= 11 is 3.39. The van der Waals surface area contributed by atoms with Crippen molar-refractivity contribution in [3.8, 4) is 0 Å². The summed E-state index contributed by atoms with van der Waals surface area (Å²) in [5, 5.41) is 0. The second-order valence-corrected chi connectivity index (χ2v) is 7.14. The van der Waals surface area contributed by atoms with Gasteiger partial charge in [-0.15, -0.1) is 0 Å². The standard InChI is InChI=1S/C18H20BrN5/c1-22-10-11-24(17-5-3-2-4-16(17)22)15-6-8-23(9-7-15)18-20-12-14(19)13-21-18/h2-5,10-13,15H,6-9H2,1H3. The van der Waals surface area contributed by atoms with Gasteiger partial charge in [0.1, 0.15) is 0 Å². The molecule has 0 bridgehead atoms. The summed E-state index contributed by atoms with van der Waals surface area (Å²) < 4.78 is 0.917. The number of para-hydroxylation sites is 2. The molecule has 24 heavy (non-hydrogen) atoms. The fourth-order valence-electron chi connectivity index (χ4n) is 3.44. The van der Waals surface area contributed by atoms with E-state index in [1.54, 1.807) is 0 Å². The zero-order chi connectivity index (χ0) is 16.5. The number of hydrogen-bond acceptors (Lipinski definition) is 5. The zero-order valence-corrected chi connectivity index (χ0v) is 15.2. The van der Waals surface area contributed by atoms with Gasteiger partial charge in [-0.3, -0.25) is 0 Å². The van der Waals surface area contributed by atoms with Gasteiger partial charge in [-0.05, 0) is 40.9 Å². The van der Waals surface area contributed by atoms with Crippen molar-refractivity contribution in [1.82, 2.24) is 9.97 Å². The molecule has 0 amide bonds. The lowest BCUT2D eigenvalue weighted by atomic mass is 10.0. The number of anilines is 3. The number of fused-ring (bicyclic) bond motifs is 1. The highest BCUT2D eigenvalue weighted by molar-refractivity contribution is 9.10. The molecule has 0 saturated carbocycles. The monoisotopic (exact) mass is 385 g/mol. The van der Waals surface area contributed by atoms with Crippen LogP contribution in [0.2, 0.25) is 0 Å². The molecule has 2 aliphatic rings. The maximum Gasteiger partial charge on any atom is 0.225 e. The van der Waals surface area contributed by atoms with Crippen LogP contribution in [0.5, 0.6) is 0 Å². The molecule has 6 heteroatoms. The third-order valence-corrected chi connectivity index (χ3v) is 5.15. The number of benzene rings is 1. The topological polar surface area (TPSA) is 35.5 Å². The molecule has 0 radical (unpaired) electrons. The van der Waals surface area contributed by atoms with Crippen LogP contribution in [0.15, 0.2) is 53.5 Å². The molecule has 0 aliphatic carbocycles. The Kier molecular flexibility index (Phi) is 4.14. The average Bonchev–Trinajstić information content (AvgIpc) is 2.63. The Bertz CT molecular complexity index is 737. The van der Waals surface area contributed by atoms with E-state index in [4.69, 9.17) is 0 Å². The van der Waals surface area contributed by atoms with Gasteiger partial charge in [-0.2, -0.15) is 0 Å². The summed E-state index contributed by atoms with van der Waals surface area (Å²) in [6.07, 6.45) is 10.2. The number of piperidine rings is 1. The van der Waals surface area contributed by atoms with Gasteiger partial charge in [0, 0.05) is 51.0 Å². The van der Waals surface area contributed by atoms with Gasteiger partial charge in [0.2, 0.25) is 5.95 Å². The van der Waals surface area contributed by atoms with E-state index < -0.39 is 0 Å². The first kappa shape index (κ1) is 15.4. The summed E-state index contributed by atoms with van der Waals surface area (Å²) in [6.45, 7) is 1.96. The molecule has 5 nitrogen and oxygen atoms in total. The Morgan fingerprint density at radius 2 is 1.67 bits per heavy atom. The number of aromatic nitrogens is 2. The lowest BCUT2D eigenvalue weighted by molar-refractivity contribution is 0.484. The first-order chi connectivity index (χ1) is 11.7. The highest BCUT2D eigenvalue weighted by Crippen LogP contribution is 2.35. The summed E-state index contributed by atoms with van der Waals surface area (Å²) in [4.78, 5) is 15.7. The summed E-state index contributed by atoms with van der Waals surface area (Å²) in [6, 6.07) is 9.11. The van der Waals surface area contributed by atoms with E-state index in [0.717, 1.165) is 36.4 Å². The molecule has 124 valence electrons. The van der Waals surface area contributed by atoms with E-state index in [2.05, 4.69) is 84.3 Å². The molecular formula is C18H20BrN5. The van der Waals surface area contributed by atoms with Crippen LogP contribution in [0.1, 0.15) is 12.8 Å². The van der Waals surface area contributed by atoms with Crippen molar-refractivity contribution in [3.63, 3.8) is 0 Å². The minimum absolute atomic E-state index is 0.516. The molecule has 1 saturated heterocycles. The van der Waals surface area contributed by atoms with Crippen molar-refractivity contribution in [3.05, 3.63) is 53.5 Å². The van der Waals surface area contributed by atoms with E-state index in [1.165, 1.54) is 11.4 Å².